The molecule has 0 saturated heterocycles. The summed E-state index contributed by atoms with van der Waals surface area (Å²) in [6, 6.07) is 20.3. The zero-order chi connectivity index (χ0) is 17.3. The molecule has 126 valence electrons. The van der Waals surface area contributed by atoms with Crippen molar-refractivity contribution in [2.75, 3.05) is 6.54 Å². The van der Waals surface area contributed by atoms with Gasteiger partial charge in [0.05, 0.1) is 11.6 Å². The molecule has 0 unspecified atom stereocenters. The number of H-pyrrole nitrogens is 1. The molecule has 0 fully saturated rings. The Morgan fingerprint density at radius 3 is 2.56 bits per heavy atom. The van der Waals surface area contributed by atoms with Gasteiger partial charge in [0.25, 0.3) is 0 Å². The van der Waals surface area contributed by atoms with Gasteiger partial charge in [-0.05, 0) is 42.6 Å². The van der Waals surface area contributed by atoms with Crippen molar-refractivity contribution in [3.63, 3.8) is 0 Å². The Morgan fingerprint density at radius 1 is 1.00 bits per heavy atom. The Morgan fingerprint density at radius 2 is 1.80 bits per heavy atom. The molecule has 0 aliphatic carbocycles. The summed E-state index contributed by atoms with van der Waals surface area (Å²) < 4.78 is 0. The largest absolute Gasteiger partial charge is 0.345 e. The number of nitrogens with one attached hydrogen (secondary N) is 2. The van der Waals surface area contributed by atoms with E-state index in [4.69, 9.17) is 5.26 Å². The summed E-state index contributed by atoms with van der Waals surface area (Å²) in [5.41, 5.74) is 4.32. The van der Waals surface area contributed by atoms with Crippen molar-refractivity contribution in [3.8, 4) is 6.07 Å². The molecule has 2 aromatic carbocycles. The summed E-state index contributed by atoms with van der Waals surface area (Å²) in [6.45, 7) is 1.79. The highest BCUT2D eigenvalue weighted by Gasteiger charge is 2.02. The van der Waals surface area contributed by atoms with Crippen LogP contribution in [0.25, 0.3) is 0 Å². The van der Waals surface area contributed by atoms with Crippen molar-refractivity contribution < 1.29 is 0 Å². The minimum Gasteiger partial charge on any atom is -0.345 e. The molecule has 3 rings (SSSR count). The first-order valence-electron chi connectivity index (χ1n) is 8.60. The summed E-state index contributed by atoms with van der Waals surface area (Å²) in [7, 11) is 0. The molecule has 0 aliphatic rings. The van der Waals surface area contributed by atoms with Gasteiger partial charge in [-0.3, -0.25) is 0 Å². The van der Waals surface area contributed by atoms with Gasteiger partial charge in [-0.25, -0.2) is 4.98 Å². The van der Waals surface area contributed by atoms with Crippen LogP contribution in [0.2, 0.25) is 0 Å². The number of benzene rings is 2. The van der Waals surface area contributed by atoms with Gasteiger partial charge in [-0.1, -0.05) is 42.5 Å². The van der Waals surface area contributed by atoms with Gasteiger partial charge in [0.15, 0.2) is 0 Å². The first-order chi connectivity index (χ1) is 12.3. The number of hydrogen-bond donors (Lipinski definition) is 2. The van der Waals surface area contributed by atoms with Crippen molar-refractivity contribution in [1.82, 2.24) is 15.3 Å². The molecule has 0 atom stereocenters. The van der Waals surface area contributed by atoms with E-state index in [1.165, 1.54) is 5.56 Å². The number of aromatic nitrogens is 2. The van der Waals surface area contributed by atoms with E-state index in [-0.39, 0.29) is 0 Å². The highest BCUT2D eigenvalue weighted by Crippen LogP contribution is 2.09. The molecule has 3 aromatic rings. The van der Waals surface area contributed by atoms with E-state index in [0.29, 0.717) is 5.56 Å². The average Bonchev–Trinajstić information content (AvgIpc) is 3.10. The van der Waals surface area contributed by atoms with Gasteiger partial charge in [0, 0.05) is 24.9 Å². The first-order valence-corrected chi connectivity index (χ1v) is 8.60. The quantitative estimate of drug-likeness (QED) is 0.620. The second-order valence-corrected chi connectivity index (χ2v) is 6.11. The Bertz CT molecular complexity index is 813. The maximum Gasteiger partial charge on any atom is 0.110 e. The Balaban J connectivity index is 1.40. The number of aryl methyl sites for hydroxylation is 1. The van der Waals surface area contributed by atoms with Gasteiger partial charge in [-0.15, -0.1) is 0 Å². The summed E-state index contributed by atoms with van der Waals surface area (Å²) in [4.78, 5) is 7.80. The lowest BCUT2D eigenvalue weighted by Crippen LogP contribution is -2.15. The highest BCUT2D eigenvalue weighted by atomic mass is 15.0. The van der Waals surface area contributed by atoms with Gasteiger partial charge >= 0.3 is 0 Å². The van der Waals surface area contributed by atoms with Crippen molar-refractivity contribution >= 4 is 0 Å². The number of rotatable bonds is 8. The third-order valence-corrected chi connectivity index (χ3v) is 4.11. The van der Waals surface area contributed by atoms with E-state index in [1.807, 2.05) is 30.5 Å². The second-order valence-electron chi connectivity index (χ2n) is 6.11. The predicted molar refractivity (Wildman–Crippen MR) is 99.0 cm³/mol. The SMILES string of the molecule is N#Cc1ccc(Cc2ncc(CNCCCc3ccccc3)[nH]2)cc1. The lowest BCUT2D eigenvalue weighted by Gasteiger charge is -2.03. The van der Waals surface area contributed by atoms with E-state index < -0.39 is 0 Å². The van der Waals surface area contributed by atoms with E-state index in [2.05, 4.69) is 51.7 Å². The monoisotopic (exact) mass is 330 g/mol. The minimum atomic E-state index is 0.684. The van der Waals surface area contributed by atoms with Crippen LogP contribution in [0, 0.1) is 11.3 Å². The van der Waals surface area contributed by atoms with Gasteiger partial charge in [0.2, 0.25) is 0 Å². The number of hydrogen-bond acceptors (Lipinski definition) is 3. The van der Waals surface area contributed by atoms with E-state index >= 15 is 0 Å². The summed E-state index contributed by atoms with van der Waals surface area (Å²) in [5, 5.41) is 12.3. The summed E-state index contributed by atoms with van der Waals surface area (Å²) in [5.74, 6) is 0.950. The van der Waals surface area contributed by atoms with Crippen molar-refractivity contribution in [2.24, 2.45) is 0 Å². The number of aromatic amines is 1. The molecule has 2 N–H and O–H groups in total. The van der Waals surface area contributed by atoms with Crippen LogP contribution < -0.4 is 5.32 Å². The molecule has 1 aromatic heterocycles. The normalized spacial score (nSPS) is 10.5. The molecular weight excluding hydrogens is 308 g/mol. The minimum absolute atomic E-state index is 0.684. The van der Waals surface area contributed by atoms with Crippen molar-refractivity contribution in [2.45, 2.75) is 25.8 Å². The zero-order valence-corrected chi connectivity index (χ0v) is 14.2. The topological polar surface area (TPSA) is 64.5 Å². The van der Waals surface area contributed by atoms with Crippen molar-refractivity contribution in [1.29, 1.82) is 5.26 Å². The van der Waals surface area contributed by atoms with Crippen LogP contribution in [0.15, 0.2) is 60.8 Å². The molecule has 0 aliphatic heterocycles. The third kappa shape index (κ3) is 5.30. The van der Waals surface area contributed by atoms with E-state index in [1.54, 1.807) is 0 Å². The van der Waals surface area contributed by atoms with Crippen LogP contribution in [-0.4, -0.2) is 16.5 Å². The fourth-order valence-electron chi connectivity index (χ4n) is 2.76. The van der Waals surface area contributed by atoms with E-state index in [9.17, 15) is 0 Å². The van der Waals surface area contributed by atoms with Crippen LogP contribution in [0.4, 0.5) is 0 Å². The second kappa shape index (κ2) is 8.81. The zero-order valence-electron chi connectivity index (χ0n) is 14.2. The Labute approximate surface area is 148 Å². The lowest BCUT2D eigenvalue weighted by atomic mass is 10.1. The number of imidazole rings is 1. The Kier molecular flexibility index (Phi) is 5.97. The van der Waals surface area contributed by atoms with Gasteiger partial charge in [-0.2, -0.15) is 5.26 Å². The standard InChI is InChI=1S/C21H22N4/c22-14-19-10-8-18(9-11-19)13-21-24-16-20(25-21)15-23-12-4-7-17-5-2-1-3-6-17/h1-3,5-6,8-11,16,23H,4,7,12-13,15H2,(H,24,25). The predicted octanol–water partition coefficient (Wildman–Crippen LogP) is 3.59. The first kappa shape index (κ1) is 16.9. The van der Waals surface area contributed by atoms with Crippen LogP contribution in [-0.2, 0) is 19.4 Å². The van der Waals surface area contributed by atoms with Gasteiger partial charge < -0.3 is 10.3 Å². The summed E-state index contributed by atoms with van der Waals surface area (Å²) in [6.07, 6.45) is 4.86. The molecule has 1 heterocycles. The van der Waals surface area contributed by atoms with Crippen LogP contribution in [0.1, 0.15) is 34.6 Å². The average molecular weight is 330 g/mol. The third-order valence-electron chi connectivity index (χ3n) is 4.11. The maximum atomic E-state index is 8.83. The van der Waals surface area contributed by atoms with Crippen LogP contribution >= 0.6 is 0 Å². The van der Waals surface area contributed by atoms with Crippen LogP contribution in [0.5, 0.6) is 0 Å². The fourth-order valence-corrected chi connectivity index (χ4v) is 2.76. The lowest BCUT2D eigenvalue weighted by molar-refractivity contribution is 0.641. The number of nitriles is 1. The fraction of sp³-hybridized carbons (Fsp3) is 0.238. The molecule has 0 amide bonds. The number of nitrogens with zero attached hydrogens (tertiary/aromatic N) is 2. The van der Waals surface area contributed by atoms with E-state index in [0.717, 1.165) is 49.4 Å². The Hall–Kier alpha value is -2.90. The molecule has 0 saturated carbocycles. The smallest absolute Gasteiger partial charge is 0.110 e. The molecule has 25 heavy (non-hydrogen) atoms. The maximum absolute atomic E-state index is 8.83. The van der Waals surface area contributed by atoms with Gasteiger partial charge in [0.1, 0.15) is 5.82 Å². The highest BCUT2D eigenvalue weighted by molar-refractivity contribution is 5.32. The molecule has 0 radical (unpaired) electrons. The molecule has 0 bridgehead atoms. The molecule has 4 heteroatoms. The molecule has 4 nitrogen and oxygen atoms in total. The molecule has 0 spiro atoms. The van der Waals surface area contributed by atoms with Crippen LogP contribution in [0.3, 0.4) is 0 Å². The molecular formula is C21H22N4. The van der Waals surface area contributed by atoms with Crippen molar-refractivity contribution in [3.05, 3.63) is 89.0 Å². The summed E-state index contributed by atoms with van der Waals surface area (Å²) >= 11 is 0.